The van der Waals surface area contributed by atoms with Gasteiger partial charge in [-0.1, -0.05) is 46.3 Å². The molecule has 0 saturated heterocycles. The molecule has 0 aromatic heterocycles. The van der Waals surface area contributed by atoms with E-state index in [-0.39, 0.29) is 0 Å². The Morgan fingerprint density at radius 2 is 1.81 bits per heavy atom. The van der Waals surface area contributed by atoms with Crippen LogP contribution in [0.4, 0.5) is 5.69 Å². The second-order valence-corrected chi connectivity index (χ2v) is 6.68. The SMILES string of the molecule is CN(Cc1ccc(Br)cc1)c1ccccc1CNC1CC1. The molecule has 0 spiro atoms. The molecule has 1 fully saturated rings. The Hall–Kier alpha value is -1.32. The monoisotopic (exact) mass is 344 g/mol. The highest BCUT2D eigenvalue weighted by Crippen LogP contribution is 2.24. The fourth-order valence-corrected chi connectivity index (χ4v) is 2.79. The number of nitrogens with zero attached hydrogens (tertiary/aromatic N) is 1. The Balaban J connectivity index is 1.70. The van der Waals surface area contributed by atoms with E-state index in [4.69, 9.17) is 0 Å². The van der Waals surface area contributed by atoms with Gasteiger partial charge in [0.15, 0.2) is 0 Å². The second-order valence-electron chi connectivity index (χ2n) is 5.77. The minimum atomic E-state index is 0.745. The van der Waals surface area contributed by atoms with Crippen molar-refractivity contribution >= 4 is 21.6 Å². The van der Waals surface area contributed by atoms with E-state index >= 15 is 0 Å². The minimum Gasteiger partial charge on any atom is -0.370 e. The Kier molecular flexibility index (Phi) is 4.61. The van der Waals surface area contributed by atoms with E-state index in [1.807, 2.05) is 0 Å². The zero-order valence-corrected chi connectivity index (χ0v) is 13.9. The topological polar surface area (TPSA) is 15.3 Å². The molecule has 21 heavy (non-hydrogen) atoms. The van der Waals surface area contributed by atoms with Crippen LogP contribution < -0.4 is 10.2 Å². The van der Waals surface area contributed by atoms with Gasteiger partial charge in [0.05, 0.1) is 0 Å². The lowest BCUT2D eigenvalue weighted by Gasteiger charge is -2.23. The first kappa shape index (κ1) is 14.6. The van der Waals surface area contributed by atoms with Crippen molar-refractivity contribution in [3.63, 3.8) is 0 Å². The summed E-state index contributed by atoms with van der Waals surface area (Å²) in [6.45, 7) is 1.89. The van der Waals surface area contributed by atoms with Gasteiger partial charge in [0.2, 0.25) is 0 Å². The number of rotatable bonds is 6. The number of halogens is 1. The number of hydrogen-bond donors (Lipinski definition) is 1. The van der Waals surface area contributed by atoms with Gasteiger partial charge in [-0.3, -0.25) is 0 Å². The molecule has 1 aliphatic carbocycles. The standard InChI is InChI=1S/C18H21BrN2/c1-21(13-14-6-8-16(19)9-7-14)18-5-3-2-4-15(18)12-20-17-10-11-17/h2-9,17,20H,10-13H2,1H3. The van der Waals surface area contributed by atoms with Crippen molar-refractivity contribution in [2.45, 2.75) is 32.0 Å². The Morgan fingerprint density at radius 1 is 1.10 bits per heavy atom. The van der Waals surface area contributed by atoms with Gasteiger partial charge < -0.3 is 10.2 Å². The van der Waals surface area contributed by atoms with Crippen LogP contribution in [0.2, 0.25) is 0 Å². The van der Waals surface area contributed by atoms with Crippen LogP contribution in [-0.2, 0) is 13.1 Å². The quantitative estimate of drug-likeness (QED) is 0.838. The van der Waals surface area contributed by atoms with Gasteiger partial charge in [-0.15, -0.1) is 0 Å². The van der Waals surface area contributed by atoms with Crippen LogP contribution in [0.25, 0.3) is 0 Å². The first-order chi connectivity index (χ1) is 10.2. The first-order valence-electron chi connectivity index (χ1n) is 7.49. The molecule has 2 aromatic rings. The van der Waals surface area contributed by atoms with Crippen molar-refractivity contribution in [1.82, 2.24) is 5.32 Å². The summed E-state index contributed by atoms with van der Waals surface area (Å²) in [5, 5.41) is 3.61. The Labute approximate surface area is 135 Å². The lowest BCUT2D eigenvalue weighted by molar-refractivity contribution is 0.685. The van der Waals surface area contributed by atoms with Crippen molar-refractivity contribution in [2.75, 3.05) is 11.9 Å². The molecular weight excluding hydrogens is 324 g/mol. The van der Waals surface area contributed by atoms with E-state index in [1.165, 1.54) is 29.7 Å². The zero-order chi connectivity index (χ0) is 14.7. The van der Waals surface area contributed by atoms with Crippen molar-refractivity contribution in [3.05, 3.63) is 64.1 Å². The maximum atomic E-state index is 3.61. The van der Waals surface area contributed by atoms with Gasteiger partial charge in [0.1, 0.15) is 0 Å². The van der Waals surface area contributed by atoms with E-state index in [9.17, 15) is 0 Å². The normalized spacial score (nSPS) is 14.2. The molecule has 1 N–H and O–H groups in total. The maximum absolute atomic E-state index is 3.61. The third kappa shape index (κ3) is 4.08. The van der Waals surface area contributed by atoms with E-state index in [2.05, 4.69) is 81.7 Å². The highest BCUT2D eigenvalue weighted by molar-refractivity contribution is 9.10. The summed E-state index contributed by atoms with van der Waals surface area (Å²) in [6, 6.07) is 18.0. The first-order valence-corrected chi connectivity index (χ1v) is 8.28. The lowest BCUT2D eigenvalue weighted by Crippen LogP contribution is -2.21. The fourth-order valence-electron chi connectivity index (χ4n) is 2.52. The second kappa shape index (κ2) is 6.63. The van der Waals surface area contributed by atoms with E-state index in [0.717, 1.165) is 23.6 Å². The van der Waals surface area contributed by atoms with Crippen LogP contribution in [0.5, 0.6) is 0 Å². The average Bonchev–Trinajstić information content (AvgIpc) is 3.32. The molecule has 0 radical (unpaired) electrons. The van der Waals surface area contributed by atoms with Gasteiger partial charge in [0.25, 0.3) is 0 Å². The van der Waals surface area contributed by atoms with Crippen molar-refractivity contribution < 1.29 is 0 Å². The van der Waals surface area contributed by atoms with Gasteiger partial charge in [-0.2, -0.15) is 0 Å². The maximum Gasteiger partial charge on any atom is 0.0426 e. The molecule has 0 unspecified atom stereocenters. The third-order valence-electron chi connectivity index (χ3n) is 3.89. The molecule has 0 aliphatic heterocycles. The molecule has 0 bridgehead atoms. The Bertz CT molecular complexity index is 590. The molecular formula is C18H21BrN2. The summed E-state index contributed by atoms with van der Waals surface area (Å²) in [5.41, 5.74) is 4.02. The smallest absolute Gasteiger partial charge is 0.0426 e. The highest BCUT2D eigenvalue weighted by Gasteiger charge is 2.20. The lowest BCUT2D eigenvalue weighted by atomic mass is 10.1. The average molecular weight is 345 g/mol. The molecule has 1 aliphatic rings. The molecule has 0 amide bonds. The van der Waals surface area contributed by atoms with Gasteiger partial charge >= 0.3 is 0 Å². The largest absolute Gasteiger partial charge is 0.370 e. The van der Waals surface area contributed by atoms with Crippen molar-refractivity contribution in [1.29, 1.82) is 0 Å². The molecule has 110 valence electrons. The van der Waals surface area contributed by atoms with Gasteiger partial charge in [-0.25, -0.2) is 0 Å². The summed E-state index contributed by atoms with van der Waals surface area (Å²) in [4.78, 5) is 2.33. The van der Waals surface area contributed by atoms with Crippen molar-refractivity contribution in [3.8, 4) is 0 Å². The molecule has 3 rings (SSSR count). The third-order valence-corrected chi connectivity index (χ3v) is 4.42. The van der Waals surface area contributed by atoms with Crippen LogP contribution >= 0.6 is 15.9 Å². The summed E-state index contributed by atoms with van der Waals surface area (Å²) < 4.78 is 1.13. The highest BCUT2D eigenvalue weighted by atomic mass is 79.9. The molecule has 2 aromatic carbocycles. The number of nitrogens with one attached hydrogen (secondary N) is 1. The molecule has 0 atom stereocenters. The molecule has 1 saturated carbocycles. The number of hydrogen-bond acceptors (Lipinski definition) is 2. The molecule has 0 heterocycles. The number of para-hydroxylation sites is 1. The van der Waals surface area contributed by atoms with Crippen LogP contribution in [0, 0.1) is 0 Å². The number of anilines is 1. The number of benzene rings is 2. The summed E-state index contributed by atoms with van der Waals surface area (Å²) in [6.07, 6.45) is 2.66. The van der Waals surface area contributed by atoms with Crippen LogP contribution in [0.1, 0.15) is 24.0 Å². The van der Waals surface area contributed by atoms with E-state index < -0.39 is 0 Å². The van der Waals surface area contributed by atoms with Gasteiger partial charge in [0, 0.05) is 36.3 Å². The van der Waals surface area contributed by atoms with Gasteiger partial charge in [-0.05, 0) is 42.2 Å². The summed E-state index contributed by atoms with van der Waals surface area (Å²) in [5.74, 6) is 0. The summed E-state index contributed by atoms with van der Waals surface area (Å²) in [7, 11) is 2.16. The molecule has 2 nitrogen and oxygen atoms in total. The zero-order valence-electron chi connectivity index (χ0n) is 12.3. The Morgan fingerprint density at radius 3 is 2.52 bits per heavy atom. The van der Waals surface area contributed by atoms with Crippen LogP contribution in [-0.4, -0.2) is 13.1 Å². The fraction of sp³-hybridized carbons (Fsp3) is 0.333. The summed E-state index contributed by atoms with van der Waals surface area (Å²) >= 11 is 3.49. The van der Waals surface area contributed by atoms with E-state index in [0.29, 0.717) is 0 Å². The minimum absolute atomic E-state index is 0.745. The van der Waals surface area contributed by atoms with Crippen molar-refractivity contribution in [2.24, 2.45) is 0 Å². The van der Waals surface area contributed by atoms with E-state index in [1.54, 1.807) is 0 Å². The molecule has 3 heteroatoms. The predicted octanol–water partition coefficient (Wildman–Crippen LogP) is 4.34. The van der Waals surface area contributed by atoms with Crippen LogP contribution in [0.3, 0.4) is 0 Å². The van der Waals surface area contributed by atoms with Crippen LogP contribution in [0.15, 0.2) is 53.0 Å². The predicted molar refractivity (Wildman–Crippen MR) is 92.6 cm³/mol.